The molecule has 0 spiro atoms. The van der Waals surface area contributed by atoms with Crippen LogP contribution in [0, 0.1) is 13.8 Å². The average Bonchev–Trinajstić information content (AvgIpc) is 2.71. The van der Waals surface area contributed by atoms with Gasteiger partial charge in [0.25, 0.3) is 5.91 Å². The number of nitrogens with zero attached hydrogens (tertiary/aromatic N) is 1. The van der Waals surface area contributed by atoms with Crippen molar-refractivity contribution < 1.29 is 14.1 Å². The van der Waals surface area contributed by atoms with Gasteiger partial charge in [0.2, 0.25) is 0 Å². The van der Waals surface area contributed by atoms with Crippen LogP contribution >= 0.6 is 0 Å². The molecule has 2 aromatic rings. The maximum absolute atomic E-state index is 12.1. The van der Waals surface area contributed by atoms with Crippen LogP contribution in [0.5, 0.6) is 5.75 Å². The minimum atomic E-state index is -0.275. The van der Waals surface area contributed by atoms with E-state index in [1.54, 1.807) is 32.0 Å². The summed E-state index contributed by atoms with van der Waals surface area (Å²) >= 11 is 0. The molecule has 0 aliphatic carbocycles. The summed E-state index contributed by atoms with van der Waals surface area (Å²) in [6.45, 7) is 3.41. The highest BCUT2D eigenvalue weighted by Crippen LogP contribution is 2.25. The van der Waals surface area contributed by atoms with E-state index in [4.69, 9.17) is 15.0 Å². The molecular weight excluding hydrogens is 246 g/mol. The lowest BCUT2D eigenvalue weighted by molar-refractivity contribution is 0.102. The molecule has 0 radical (unpaired) electrons. The smallest absolute Gasteiger partial charge is 0.261 e. The van der Waals surface area contributed by atoms with Gasteiger partial charge in [0, 0.05) is 11.8 Å². The number of amides is 1. The third-order valence-electron chi connectivity index (χ3n) is 2.75. The summed E-state index contributed by atoms with van der Waals surface area (Å²) < 4.78 is 10.1. The van der Waals surface area contributed by atoms with Crippen LogP contribution in [-0.2, 0) is 0 Å². The first kappa shape index (κ1) is 12.9. The van der Waals surface area contributed by atoms with E-state index < -0.39 is 0 Å². The topological polar surface area (TPSA) is 90.4 Å². The summed E-state index contributed by atoms with van der Waals surface area (Å²) in [4.78, 5) is 12.1. The highest BCUT2D eigenvalue weighted by molar-refractivity contribution is 6.05. The number of hydrogen-bond donors (Lipinski definition) is 2. The quantitative estimate of drug-likeness (QED) is 0.826. The first-order chi connectivity index (χ1) is 9.02. The van der Waals surface area contributed by atoms with Crippen molar-refractivity contribution in [1.29, 1.82) is 0 Å². The second-order valence-electron chi connectivity index (χ2n) is 4.11. The van der Waals surface area contributed by atoms with Gasteiger partial charge in [-0.3, -0.25) is 4.79 Å². The Kier molecular flexibility index (Phi) is 3.41. The van der Waals surface area contributed by atoms with E-state index in [9.17, 15) is 4.79 Å². The van der Waals surface area contributed by atoms with Crippen molar-refractivity contribution in [3.63, 3.8) is 0 Å². The predicted molar refractivity (Wildman–Crippen MR) is 71.3 cm³/mol. The van der Waals surface area contributed by atoms with Crippen molar-refractivity contribution in [3.8, 4) is 5.75 Å². The van der Waals surface area contributed by atoms with E-state index in [0.29, 0.717) is 34.1 Å². The van der Waals surface area contributed by atoms with Crippen molar-refractivity contribution in [2.75, 3.05) is 18.2 Å². The Bertz CT molecular complexity index is 600. The molecule has 1 aromatic heterocycles. The Balaban J connectivity index is 2.24. The summed E-state index contributed by atoms with van der Waals surface area (Å²) in [6.07, 6.45) is 0. The minimum Gasteiger partial charge on any atom is -0.495 e. The van der Waals surface area contributed by atoms with Crippen LogP contribution in [0.25, 0.3) is 0 Å². The molecule has 3 N–H and O–H groups in total. The molecule has 100 valence electrons. The number of carbonyl (C=O) groups is 1. The zero-order chi connectivity index (χ0) is 14.0. The third-order valence-corrected chi connectivity index (χ3v) is 2.75. The number of nitrogens with one attached hydrogen (secondary N) is 1. The highest BCUT2D eigenvalue weighted by atomic mass is 16.5. The van der Waals surface area contributed by atoms with Crippen LogP contribution in [0.3, 0.4) is 0 Å². The summed E-state index contributed by atoms with van der Waals surface area (Å²) in [5.74, 6) is 0.719. The van der Waals surface area contributed by atoms with Gasteiger partial charge in [-0.2, -0.15) is 0 Å². The molecule has 2 rings (SSSR count). The third kappa shape index (κ3) is 2.52. The monoisotopic (exact) mass is 261 g/mol. The second kappa shape index (κ2) is 5.01. The molecule has 1 heterocycles. The molecule has 19 heavy (non-hydrogen) atoms. The van der Waals surface area contributed by atoms with Crippen LogP contribution in [0.2, 0.25) is 0 Å². The minimum absolute atomic E-state index is 0.275. The van der Waals surface area contributed by atoms with Crippen LogP contribution < -0.4 is 15.8 Å². The summed E-state index contributed by atoms with van der Waals surface area (Å²) in [5, 5.41) is 6.50. The van der Waals surface area contributed by atoms with Crippen LogP contribution in [0.15, 0.2) is 22.7 Å². The van der Waals surface area contributed by atoms with Crippen molar-refractivity contribution in [2.24, 2.45) is 0 Å². The van der Waals surface area contributed by atoms with Crippen molar-refractivity contribution >= 4 is 17.3 Å². The van der Waals surface area contributed by atoms with Crippen LogP contribution in [0.4, 0.5) is 11.4 Å². The van der Waals surface area contributed by atoms with Gasteiger partial charge in [0.1, 0.15) is 17.1 Å². The van der Waals surface area contributed by atoms with E-state index in [2.05, 4.69) is 10.5 Å². The highest BCUT2D eigenvalue weighted by Gasteiger charge is 2.17. The van der Waals surface area contributed by atoms with E-state index in [-0.39, 0.29) is 5.91 Å². The van der Waals surface area contributed by atoms with Gasteiger partial charge in [0.05, 0.1) is 18.5 Å². The summed E-state index contributed by atoms with van der Waals surface area (Å²) in [5.41, 5.74) is 7.81. The zero-order valence-corrected chi connectivity index (χ0v) is 11.0. The Morgan fingerprint density at radius 1 is 1.42 bits per heavy atom. The number of nitrogens with two attached hydrogens (primary N) is 1. The van der Waals surface area contributed by atoms with E-state index in [1.165, 1.54) is 7.11 Å². The molecule has 0 bridgehead atoms. The number of nitrogen functional groups attached to an aromatic ring is 1. The van der Waals surface area contributed by atoms with Crippen LogP contribution in [-0.4, -0.2) is 18.2 Å². The standard InChI is InChI=1S/C13H15N3O3/c1-7-12(8(2)19-16-7)13(17)15-9-4-5-10(14)11(6-9)18-3/h4-6H,14H2,1-3H3,(H,15,17). The average molecular weight is 261 g/mol. The molecule has 6 nitrogen and oxygen atoms in total. The lowest BCUT2D eigenvalue weighted by atomic mass is 10.2. The molecule has 0 unspecified atom stereocenters. The van der Waals surface area contributed by atoms with Gasteiger partial charge in [-0.05, 0) is 26.0 Å². The van der Waals surface area contributed by atoms with Crippen molar-refractivity contribution in [1.82, 2.24) is 5.16 Å². The Labute approximate surface area is 110 Å². The molecule has 1 aromatic carbocycles. The fraction of sp³-hybridized carbons (Fsp3) is 0.231. The second-order valence-corrected chi connectivity index (χ2v) is 4.11. The molecule has 1 amide bonds. The number of carbonyl (C=O) groups excluding carboxylic acids is 1. The van der Waals surface area contributed by atoms with Gasteiger partial charge < -0.3 is 20.3 Å². The van der Waals surface area contributed by atoms with Gasteiger partial charge in [0.15, 0.2) is 0 Å². The fourth-order valence-corrected chi connectivity index (χ4v) is 1.79. The first-order valence-electron chi connectivity index (χ1n) is 5.70. The number of methoxy groups -OCH3 is 1. The maximum Gasteiger partial charge on any atom is 0.261 e. The number of hydrogen-bond acceptors (Lipinski definition) is 5. The fourth-order valence-electron chi connectivity index (χ4n) is 1.79. The van der Waals surface area contributed by atoms with E-state index in [0.717, 1.165) is 0 Å². The van der Waals surface area contributed by atoms with Gasteiger partial charge in [-0.25, -0.2) is 0 Å². The maximum atomic E-state index is 12.1. The van der Waals surface area contributed by atoms with Crippen molar-refractivity contribution in [2.45, 2.75) is 13.8 Å². The molecule has 0 aliphatic rings. The molecule has 0 atom stereocenters. The molecule has 6 heteroatoms. The number of benzene rings is 1. The summed E-state index contributed by atoms with van der Waals surface area (Å²) in [6, 6.07) is 5.03. The zero-order valence-electron chi connectivity index (χ0n) is 11.0. The van der Waals surface area contributed by atoms with Crippen LogP contribution in [0.1, 0.15) is 21.8 Å². The summed E-state index contributed by atoms with van der Waals surface area (Å²) in [7, 11) is 1.52. The Hall–Kier alpha value is -2.50. The van der Waals surface area contributed by atoms with Gasteiger partial charge in [-0.15, -0.1) is 0 Å². The molecule has 0 saturated heterocycles. The normalized spacial score (nSPS) is 10.3. The number of ether oxygens (including phenoxy) is 1. The number of aryl methyl sites for hydroxylation is 2. The van der Waals surface area contributed by atoms with Gasteiger partial charge >= 0.3 is 0 Å². The Morgan fingerprint density at radius 2 is 2.16 bits per heavy atom. The van der Waals surface area contributed by atoms with Gasteiger partial charge in [-0.1, -0.05) is 5.16 Å². The largest absolute Gasteiger partial charge is 0.495 e. The predicted octanol–water partition coefficient (Wildman–Crippen LogP) is 2.13. The van der Waals surface area contributed by atoms with Crippen molar-refractivity contribution in [3.05, 3.63) is 35.2 Å². The number of aromatic nitrogens is 1. The molecule has 0 saturated carbocycles. The molecule has 0 fully saturated rings. The van der Waals surface area contributed by atoms with E-state index in [1.807, 2.05) is 0 Å². The molecular formula is C13H15N3O3. The first-order valence-corrected chi connectivity index (χ1v) is 5.70. The molecule has 0 aliphatic heterocycles. The lowest BCUT2D eigenvalue weighted by Gasteiger charge is -2.08. The number of anilines is 2. The SMILES string of the molecule is COc1cc(NC(=O)c2c(C)noc2C)ccc1N. The lowest BCUT2D eigenvalue weighted by Crippen LogP contribution is -2.13. The Morgan fingerprint density at radius 3 is 2.74 bits per heavy atom. The van der Waals surface area contributed by atoms with E-state index >= 15 is 0 Å². The number of rotatable bonds is 3.